The van der Waals surface area contributed by atoms with Crippen LogP contribution in [0.2, 0.25) is 0 Å². The number of ether oxygens (including phenoxy) is 1. The number of methoxy groups -OCH3 is 1. The van der Waals surface area contributed by atoms with Gasteiger partial charge in [-0.2, -0.15) is 4.98 Å². The number of hydrogen-bond donors (Lipinski definition) is 2. The number of aryl methyl sites for hydroxylation is 1. The van der Waals surface area contributed by atoms with Crippen molar-refractivity contribution >= 4 is 17.5 Å². The van der Waals surface area contributed by atoms with E-state index in [1.807, 2.05) is 36.4 Å². The molecule has 0 radical (unpaired) electrons. The van der Waals surface area contributed by atoms with Gasteiger partial charge in [0, 0.05) is 12.7 Å². The van der Waals surface area contributed by atoms with E-state index in [-0.39, 0.29) is 0 Å². The number of aromatic nitrogens is 2. The lowest BCUT2D eigenvalue weighted by Crippen LogP contribution is -2.07. The van der Waals surface area contributed by atoms with Crippen LogP contribution in [0.4, 0.5) is 17.5 Å². The summed E-state index contributed by atoms with van der Waals surface area (Å²) in [5.41, 5.74) is 2.22. The Kier molecular flexibility index (Phi) is 5.82. The Morgan fingerprint density at radius 1 is 0.960 bits per heavy atom. The van der Waals surface area contributed by atoms with Gasteiger partial charge in [0.25, 0.3) is 0 Å². The highest BCUT2D eigenvalue weighted by Crippen LogP contribution is 2.26. The van der Waals surface area contributed by atoms with Gasteiger partial charge in [-0.1, -0.05) is 42.5 Å². The number of nitrogens with one attached hydrogen (secondary N) is 2. The van der Waals surface area contributed by atoms with Gasteiger partial charge in [-0.15, -0.1) is 0 Å². The summed E-state index contributed by atoms with van der Waals surface area (Å²) < 4.78 is 5.35. The molecule has 0 saturated heterocycles. The summed E-state index contributed by atoms with van der Waals surface area (Å²) in [7, 11) is 1.65. The van der Waals surface area contributed by atoms with Gasteiger partial charge in [0.15, 0.2) is 0 Å². The Hall–Kier alpha value is -3.08. The van der Waals surface area contributed by atoms with Crippen LogP contribution in [0.1, 0.15) is 12.0 Å². The van der Waals surface area contributed by atoms with Gasteiger partial charge in [0.1, 0.15) is 11.6 Å². The summed E-state index contributed by atoms with van der Waals surface area (Å²) in [5, 5.41) is 6.54. The van der Waals surface area contributed by atoms with E-state index in [4.69, 9.17) is 4.74 Å². The first kappa shape index (κ1) is 16.8. The van der Waals surface area contributed by atoms with Crippen LogP contribution < -0.4 is 15.4 Å². The van der Waals surface area contributed by atoms with Crippen LogP contribution in [-0.4, -0.2) is 23.6 Å². The average molecular weight is 334 g/mol. The molecule has 0 aliphatic carbocycles. The summed E-state index contributed by atoms with van der Waals surface area (Å²) in [4.78, 5) is 8.77. The van der Waals surface area contributed by atoms with Gasteiger partial charge in [-0.05, 0) is 36.6 Å². The summed E-state index contributed by atoms with van der Waals surface area (Å²) in [5.74, 6) is 2.12. The molecule has 0 atom stereocenters. The third-order valence-electron chi connectivity index (χ3n) is 3.79. The number of nitrogens with zero attached hydrogens (tertiary/aromatic N) is 2. The molecule has 5 heteroatoms. The van der Waals surface area contributed by atoms with E-state index in [9.17, 15) is 0 Å². The van der Waals surface area contributed by atoms with E-state index in [0.717, 1.165) is 36.6 Å². The molecule has 0 fully saturated rings. The minimum atomic E-state index is 0.618. The topological polar surface area (TPSA) is 59.1 Å². The molecule has 0 aliphatic rings. The van der Waals surface area contributed by atoms with Gasteiger partial charge in [-0.25, -0.2) is 4.98 Å². The SMILES string of the molecule is COc1ccccc1Nc1ccnc(NCCCc2ccccc2)n1. The van der Waals surface area contributed by atoms with Crippen LogP contribution in [-0.2, 0) is 6.42 Å². The first-order valence-corrected chi connectivity index (χ1v) is 8.36. The van der Waals surface area contributed by atoms with Crippen LogP contribution in [0.5, 0.6) is 5.75 Å². The Morgan fingerprint density at radius 2 is 1.76 bits per heavy atom. The molecule has 1 heterocycles. The molecule has 0 aliphatic heterocycles. The number of anilines is 3. The molecule has 1 aromatic heterocycles. The number of hydrogen-bond acceptors (Lipinski definition) is 5. The highest BCUT2D eigenvalue weighted by molar-refractivity contribution is 5.64. The fourth-order valence-electron chi connectivity index (χ4n) is 2.54. The number of rotatable bonds is 8. The average Bonchev–Trinajstić information content (AvgIpc) is 2.67. The monoisotopic (exact) mass is 334 g/mol. The van der Waals surface area contributed by atoms with E-state index >= 15 is 0 Å². The molecule has 0 bridgehead atoms. The van der Waals surface area contributed by atoms with Crippen molar-refractivity contribution in [2.75, 3.05) is 24.3 Å². The van der Waals surface area contributed by atoms with Gasteiger partial charge in [0.2, 0.25) is 5.95 Å². The smallest absolute Gasteiger partial charge is 0.224 e. The van der Waals surface area contributed by atoms with Gasteiger partial charge >= 0.3 is 0 Å². The Labute approximate surface area is 148 Å². The van der Waals surface area contributed by atoms with Gasteiger partial charge in [-0.3, -0.25) is 0 Å². The molecule has 0 unspecified atom stereocenters. The number of benzene rings is 2. The molecule has 5 nitrogen and oxygen atoms in total. The second-order valence-electron chi connectivity index (χ2n) is 5.61. The van der Waals surface area contributed by atoms with E-state index < -0.39 is 0 Å². The van der Waals surface area contributed by atoms with Crippen LogP contribution in [0, 0.1) is 0 Å². The van der Waals surface area contributed by atoms with Crippen LogP contribution in [0.15, 0.2) is 66.9 Å². The molecule has 0 saturated carbocycles. The second-order valence-corrected chi connectivity index (χ2v) is 5.61. The predicted octanol–water partition coefficient (Wildman–Crippen LogP) is 4.27. The summed E-state index contributed by atoms with van der Waals surface area (Å²) in [6.45, 7) is 0.826. The highest BCUT2D eigenvalue weighted by atomic mass is 16.5. The van der Waals surface area contributed by atoms with Crippen molar-refractivity contribution in [3.63, 3.8) is 0 Å². The Bertz CT molecular complexity index is 792. The number of para-hydroxylation sites is 2. The standard InChI is InChI=1S/C20H22N4O/c1-25-18-12-6-5-11-17(18)23-19-13-15-22-20(24-19)21-14-7-10-16-8-3-2-4-9-16/h2-6,8-9,11-13,15H,7,10,14H2,1H3,(H2,21,22,23,24). The lowest BCUT2D eigenvalue weighted by molar-refractivity contribution is 0.417. The molecule has 2 aromatic carbocycles. The van der Waals surface area contributed by atoms with Crippen LogP contribution in [0.25, 0.3) is 0 Å². The third-order valence-corrected chi connectivity index (χ3v) is 3.79. The molecular weight excluding hydrogens is 312 g/mol. The largest absolute Gasteiger partial charge is 0.495 e. The van der Waals surface area contributed by atoms with Crippen molar-refractivity contribution in [2.45, 2.75) is 12.8 Å². The molecule has 0 spiro atoms. The lowest BCUT2D eigenvalue weighted by Gasteiger charge is -2.11. The summed E-state index contributed by atoms with van der Waals surface area (Å²) >= 11 is 0. The van der Waals surface area contributed by atoms with Crippen LogP contribution >= 0.6 is 0 Å². The van der Waals surface area contributed by atoms with Crippen LogP contribution in [0.3, 0.4) is 0 Å². The third kappa shape index (κ3) is 4.94. The van der Waals surface area contributed by atoms with Crippen molar-refractivity contribution in [3.05, 3.63) is 72.4 Å². The summed E-state index contributed by atoms with van der Waals surface area (Å²) in [6.07, 6.45) is 3.80. The quantitative estimate of drug-likeness (QED) is 0.602. The highest BCUT2D eigenvalue weighted by Gasteiger charge is 2.04. The molecular formula is C20H22N4O. The van der Waals surface area contributed by atoms with Gasteiger partial charge < -0.3 is 15.4 Å². The van der Waals surface area contributed by atoms with Gasteiger partial charge in [0.05, 0.1) is 12.8 Å². The Morgan fingerprint density at radius 3 is 2.60 bits per heavy atom. The van der Waals surface area contributed by atoms with E-state index in [1.165, 1.54) is 5.56 Å². The first-order chi connectivity index (χ1) is 12.3. The lowest BCUT2D eigenvalue weighted by atomic mass is 10.1. The maximum absolute atomic E-state index is 5.35. The maximum Gasteiger partial charge on any atom is 0.224 e. The van der Waals surface area contributed by atoms with E-state index in [1.54, 1.807) is 13.3 Å². The molecule has 3 aromatic rings. The molecule has 2 N–H and O–H groups in total. The molecule has 128 valence electrons. The van der Waals surface area contributed by atoms with Crippen molar-refractivity contribution in [2.24, 2.45) is 0 Å². The normalized spacial score (nSPS) is 10.3. The zero-order valence-electron chi connectivity index (χ0n) is 14.3. The minimum Gasteiger partial charge on any atom is -0.495 e. The zero-order valence-corrected chi connectivity index (χ0v) is 14.3. The maximum atomic E-state index is 5.35. The van der Waals surface area contributed by atoms with Crippen molar-refractivity contribution in [1.82, 2.24) is 9.97 Å². The summed E-state index contributed by atoms with van der Waals surface area (Å²) in [6, 6.07) is 20.1. The molecule has 3 rings (SSSR count). The van der Waals surface area contributed by atoms with Crippen molar-refractivity contribution < 1.29 is 4.74 Å². The zero-order chi connectivity index (χ0) is 17.3. The molecule has 25 heavy (non-hydrogen) atoms. The predicted molar refractivity (Wildman–Crippen MR) is 102 cm³/mol. The Balaban J connectivity index is 1.54. The minimum absolute atomic E-state index is 0.618. The second kappa shape index (κ2) is 8.68. The molecule has 0 amide bonds. The fourth-order valence-corrected chi connectivity index (χ4v) is 2.54. The fraction of sp³-hybridized carbons (Fsp3) is 0.200. The van der Waals surface area contributed by atoms with Crippen molar-refractivity contribution in [3.8, 4) is 5.75 Å². The van der Waals surface area contributed by atoms with Crippen molar-refractivity contribution in [1.29, 1.82) is 0 Å². The van der Waals surface area contributed by atoms with E-state index in [0.29, 0.717) is 5.95 Å². The first-order valence-electron chi connectivity index (χ1n) is 8.36. The van der Waals surface area contributed by atoms with E-state index in [2.05, 4.69) is 44.9 Å².